The van der Waals surface area contributed by atoms with Gasteiger partial charge in [0.15, 0.2) is 0 Å². The van der Waals surface area contributed by atoms with Gasteiger partial charge in [-0.25, -0.2) is 4.39 Å². The molecule has 0 saturated carbocycles. The van der Waals surface area contributed by atoms with Gasteiger partial charge in [-0.2, -0.15) is 0 Å². The maximum atomic E-state index is 13.5. The molecule has 1 heterocycles. The predicted octanol–water partition coefficient (Wildman–Crippen LogP) is 4.63. The van der Waals surface area contributed by atoms with Gasteiger partial charge in [-0.15, -0.1) is 0 Å². The summed E-state index contributed by atoms with van der Waals surface area (Å²) < 4.78 is 15.3. The highest BCUT2D eigenvalue weighted by Crippen LogP contribution is 2.15. The summed E-state index contributed by atoms with van der Waals surface area (Å²) in [6.45, 7) is 4.75. The van der Waals surface area contributed by atoms with Crippen molar-refractivity contribution in [1.82, 2.24) is 14.4 Å². The number of hydrogen-bond donors (Lipinski definition) is 0. The summed E-state index contributed by atoms with van der Waals surface area (Å²) in [6.07, 6.45) is 2.65. The summed E-state index contributed by atoms with van der Waals surface area (Å²) in [6, 6.07) is 19.1. The zero-order valence-corrected chi connectivity index (χ0v) is 18.9. The molecule has 5 nitrogen and oxygen atoms in total. The topological polar surface area (TPSA) is 45.6 Å². The molecular weight excluding hydrogens is 405 g/mol. The molecule has 0 fully saturated rings. The molecule has 0 aliphatic carbocycles. The number of halogens is 1. The van der Waals surface area contributed by atoms with Gasteiger partial charge in [0.05, 0.1) is 6.54 Å². The molecule has 3 aromatic rings. The highest BCUT2D eigenvalue weighted by atomic mass is 19.1. The van der Waals surface area contributed by atoms with Crippen molar-refractivity contribution < 1.29 is 14.0 Å². The Balaban J connectivity index is 1.84. The monoisotopic (exact) mass is 435 g/mol. The van der Waals surface area contributed by atoms with E-state index in [1.165, 1.54) is 24.3 Å². The number of hydrogen-bond acceptors (Lipinski definition) is 2. The number of rotatable bonds is 9. The fourth-order valence-electron chi connectivity index (χ4n) is 3.54. The minimum Gasteiger partial charge on any atom is -0.353 e. The average Bonchev–Trinajstić information content (AvgIpc) is 3.21. The Hall–Kier alpha value is -3.41. The van der Waals surface area contributed by atoms with E-state index in [0.717, 1.165) is 11.3 Å². The summed E-state index contributed by atoms with van der Waals surface area (Å²) >= 11 is 0. The van der Waals surface area contributed by atoms with Crippen LogP contribution in [0.5, 0.6) is 0 Å². The van der Waals surface area contributed by atoms with Gasteiger partial charge in [0.1, 0.15) is 12.4 Å². The molecule has 0 spiro atoms. The Kier molecular flexibility index (Phi) is 7.82. The molecule has 6 heteroatoms. The van der Waals surface area contributed by atoms with Crippen LogP contribution in [0.2, 0.25) is 0 Å². The maximum absolute atomic E-state index is 13.5. The molecule has 32 heavy (non-hydrogen) atoms. The lowest BCUT2D eigenvalue weighted by molar-refractivity contribution is -0.133. The zero-order valence-electron chi connectivity index (χ0n) is 18.9. The average molecular weight is 436 g/mol. The number of amides is 2. The van der Waals surface area contributed by atoms with Crippen molar-refractivity contribution in [1.29, 1.82) is 0 Å². The molecule has 1 unspecified atom stereocenters. The van der Waals surface area contributed by atoms with Crippen molar-refractivity contribution >= 4 is 11.8 Å². The van der Waals surface area contributed by atoms with E-state index in [0.29, 0.717) is 25.1 Å². The summed E-state index contributed by atoms with van der Waals surface area (Å²) in [5.41, 5.74) is 2.40. The molecule has 2 amide bonds. The standard InChI is InChI=1S/C26H30FN3O2/c1-4-20(2)30(26(32)22-12-14-23(27)15-13-22)19-25(31)29(17-21-9-6-5-7-10-21)18-24-11-8-16-28(24)3/h5-16,20H,4,17-19H2,1-3H3. The van der Waals surface area contributed by atoms with Crippen molar-refractivity contribution in [2.75, 3.05) is 6.54 Å². The van der Waals surface area contributed by atoms with E-state index in [9.17, 15) is 14.0 Å². The van der Waals surface area contributed by atoms with Gasteiger partial charge in [-0.1, -0.05) is 37.3 Å². The molecule has 1 aromatic heterocycles. The Morgan fingerprint density at radius 3 is 2.25 bits per heavy atom. The van der Waals surface area contributed by atoms with E-state index in [4.69, 9.17) is 0 Å². The van der Waals surface area contributed by atoms with Crippen molar-refractivity contribution in [2.45, 2.75) is 39.4 Å². The molecule has 3 rings (SSSR count). The fourth-order valence-corrected chi connectivity index (χ4v) is 3.54. The SMILES string of the molecule is CCC(C)N(CC(=O)N(Cc1ccccc1)Cc1cccn1C)C(=O)c1ccc(F)cc1. The first-order valence-electron chi connectivity index (χ1n) is 10.9. The highest BCUT2D eigenvalue weighted by molar-refractivity contribution is 5.96. The number of carbonyl (C=O) groups excluding carboxylic acids is 2. The van der Waals surface area contributed by atoms with Crippen LogP contribution in [0.4, 0.5) is 4.39 Å². The van der Waals surface area contributed by atoms with E-state index >= 15 is 0 Å². The van der Waals surface area contributed by atoms with Gasteiger partial charge >= 0.3 is 0 Å². The van der Waals surface area contributed by atoms with Crippen molar-refractivity contribution in [3.8, 4) is 0 Å². The van der Waals surface area contributed by atoms with Crippen LogP contribution in [0.15, 0.2) is 72.9 Å². The van der Waals surface area contributed by atoms with E-state index in [-0.39, 0.29) is 24.4 Å². The molecular formula is C26H30FN3O2. The minimum absolute atomic E-state index is 0.0392. The van der Waals surface area contributed by atoms with E-state index < -0.39 is 5.82 Å². The van der Waals surface area contributed by atoms with Crippen LogP contribution in [-0.2, 0) is 24.9 Å². The molecule has 0 N–H and O–H groups in total. The van der Waals surface area contributed by atoms with Crippen molar-refractivity contribution in [3.05, 3.63) is 95.6 Å². The Morgan fingerprint density at radius 1 is 0.969 bits per heavy atom. The zero-order chi connectivity index (χ0) is 23.1. The molecule has 1 atom stereocenters. The molecule has 0 saturated heterocycles. The molecule has 168 valence electrons. The first kappa shape index (κ1) is 23.3. The second-order valence-corrected chi connectivity index (χ2v) is 8.04. The largest absolute Gasteiger partial charge is 0.353 e. The third kappa shape index (κ3) is 5.84. The van der Waals surface area contributed by atoms with Crippen molar-refractivity contribution in [2.24, 2.45) is 7.05 Å². The smallest absolute Gasteiger partial charge is 0.254 e. The van der Waals surface area contributed by atoms with Crippen LogP contribution in [-0.4, -0.2) is 38.8 Å². The third-order valence-electron chi connectivity index (χ3n) is 5.75. The first-order chi connectivity index (χ1) is 15.4. The normalized spacial score (nSPS) is 11.8. The number of carbonyl (C=O) groups is 2. The highest BCUT2D eigenvalue weighted by Gasteiger charge is 2.26. The second kappa shape index (κ2) is 10.8. The summed E-state index contributed by atoms with van der Waals surface area (Å²) in [5, 5.41) is 0. The van der Waals surface area contributed by atoms with Gasteiger partial charge in [-0.3, -0.25) is 9.59 Å². The van der Waals surface area contributed by atoms with Crippen LogP contribution < -0.4 is 0 Å². The first-order valence-corrected chi connectivity index (χ1v) is 10.9. The quantitative estimate of drug-likeness (QED) is 0.492. The van der Waals surface area contributed by atoms with E-state index in [2.05, 4.69) is 0 Å². The van der Waals surface area contributed by atoms with Gasteiger partial charge < -0.3 is 14.4 Å². The summed E-state index contributed by atoms with van der Waals surface area (Å²) in [7, 11) is 1.95. The van der Waals surface area contributed by atoms with Gasteiger partial charge in [-0.05, 0) is 55.3 Å². The van der Waals surface area contributed by atoms with E-state index in [1.807, 2.05) is 74.1 Å². The number of aryl methyl sites for hydroxylation is 1. The lowest BCUT2D eigenvalue weighted by atomic mass is 10.1. The number of benzene rings is 2. The van der Waals surface area contributed by atoms with E-state index in [1.54, 1.807) is 9.80 Å². The molecule has 0 aliphatic heterocycles. The lowest BCUT2D eigenvalue weighted by Gasteiger charge is -2.31. The summed E-state index contributed by atoms with van der Waals surface area (Å²) in [4.78, 5) is 30.0. The minimum atomic E-state index is -0.399. The van der Waals surface area contributed by atoms with Crippen LogP contribution in [0.25, 0.3) is 0 Å². The number of nitrogens with zero attached hydrogens (tertiary/aromatic N) is 3. The maximum Gasteiger partial charge on any atom is 0.254 e. The van der Waals surface area contributed by atoms with Crippen LogP contribution in [0.1, 0.15) is 41.9 Å². The molecule has 0 aliphatic rings. The second-order valence-electron chi connectivity index (χ2n) is 8.04. The molecule has 0 bridgehead atoms. The predicted molar refractivity (Wildman–Crippen MR) is 123 cm³/mol. The number of aromatic nitrogens is 1. The molecule has 0 radical (unpaired) electrons. The fraction of sp³-hybridized carbons (Fsp3) is 0.308. The Bertz CT molecular complexity index is 1030. The third-order valence-corrected chi connectivity index (χ3v) is 5.75. The van der Waals surface area contributed by atoms with Crippen LogP contribution in [0.3, 0.4) is 0 Å². The Labute approximate surface area is 189 Å². The van der Waals surface area contributed by atoms with Gasteiger partial charge in [0, 0.05) is 37.1 Å². The van der Waals surface area contributed by atoms with Gasteiger partial charge in [0.2, 0.25) is 5.91 Å². The van der Waals surface area contributed by atoms with Crippen LogP contribution in [0, 0.1) is 5.82 Å². The lowest BCUT2D eigenvalue weighted by Crippen LogP contribution is -2.46. The van der Waals surface area contributed by atoms with Crippen LogP contribution >= 0.6 is 0 Å². The van der Waals surface area contributed by atoms with Crippen molar-refractivity contribution in [3.63, 3.8) is 0 Å². The molecule has 2 aromatic carbocycles. The summed E-state index contributed by atoms with van der Waals surface area (Å²) in [5.74, 6) is -0.804. The Morgan fingerprint density at radius 2 is 1.66 bits per heavy atom. The van der Waals surface area contributed by atoms with Gasteiger partial charge in [0.25, 0.3) is 5.91 Å².